The molecule has 6 heteroatoms. The van der Waals surface area contributed by atoms with E-state index in [9.17, 15) is 9.59 Å². The minimum atomic E-state index is -0.415. The lowest BCUT2D eigenvalue weighted by molar-refractivity contribution is -0.144. The van der Waals surface area contributed by atoms with E-state index in [1.807, 2.05) is 0 Å². The zero-order valence-electron chi connectivity index (χ0n) is 11.4. The molecule has 0 aliphatic heterocycles. The minimum Gasteiger partial charge on any atom is -0.347 e. The van der Waals surface area contributed by atoms with Crippen LogP contribution in [0.2, 0.25) is 0 Å². The normalized spacial score (nSPS) is 16.9. The van der Waals surface area contributed by atoms with Crippen LogP contribution in [0.25, 0.3) is 0 Å². The van der Waals surface area contributed by atoms with Crippen LogP contribution in [0.5, 0.6) is 0 Å². The van der Waals surface area contributed by atoms with Crippen molar-refractivity contribution in [3.63, 3.8) is 0 Å². The van der Waals surface area contributed by atoms with E-state index in [2.05, 4.69) is 0 Å². The van der Waals surface area contributed by atoms with Gasteiger partial charge in [0, 0.05) is 27.7 Å². The molecule has 2 N–H and O–H groups in total. The Bertz CT molecular complexity index is 302. The molecule has 5 nitrogen and oxygen atoms in total. The Labute approximate surface area is 115 Å². The second-order valence-electron chi connectivity index (χ2n) is 5.14. The van der Waals surface area contributed by atoms with Crippen LogP contribution in [0, 0.1) is 5.41 Å². The van der Waals surface area contributed by atoms with Gasteiger partial charge in [-0.2, -0.15) is 0 Å². The summed E-state index contributed by atoms with van der Waals surface area (Å²) < 4.78 is 0. The van der Waals surface area contributed by atoms with Crippen molar-refractivity contribution >= 4 is 24.2 Å². The van der Waals surface area contributed by atoms with Crippen molar-refractivity contribution in [2.75, 3.05) is 34.2 Å². The van der Waals surface area contributed by atoms with Gasteiger partial charge >= 0.3 is 0 Å². The Morgan fingerprint density at radius 3 is 2.06 bits per heavy atom. The van der Waals surface area contributed by atoms with Crippen LogP contribution in [0.15, 0.2) is 0 Å². The molecule has 1 aliphatic carbocycles. The number of rotatable bonds is 4. The molecule has 0 aromatic heterocycles. The van der Waals surface area contributed by atoms with E-state index in [0.29, 0.717) is 6.54 Å². The minimum absolute atomic E-state index is 0. The Morgan fingerprint density at radius 2 is 1.67 bits per heavy atom. The molecule has 0 unspecified atom stereocenters. The molecule has 1 aliphatic rings. The van der Waals surface area contributed by atoms with Gasteiger partial charge in [0.2, 0.25) is 11.8 Å². The van der Waals surface area contributed by atoms with Crippen LogP contribution in [0.4, 0.5) is 0 Å². The van der Waals surface area contributed by atoms with Crippen molar-refractivity contribution < 1.29 is 9.59 Å². The molecule has 18 heavy (non-hydrogen) atoms. The van der Waals surface area contributed by atoms with Gasteiger partial charge in [-0.1, -0.05) is 12.8 Å². The highest BCUT2D eigenvalue weighted by molar-refractivity contribution is 5.88. The molecule has 2 amide bonds. The highest BCUT2D eigenvalue weighted by Gasteiger charge is 2.41. The predicted octanol–water partition coefficient (Wildman–Crippen LogP) is 0.474. The monoisotopic (exact) mass is 277 g/mol. The van der Waals surface area contributed by atoms with Gasteiger partial charge in [-0.25, -0.2) is 0 Å². The molecule has 1 fully saturated rings. The zero-order valence-corrected chi connectivity index (χ0v) is 12.3. The molecule has 0 radical (unpaired) electrons. The molecule has 0 aromatic carbocycles. The molecule has 0 heterocycles. The maximum absolute atomic E-state index is 12.3. The van der Waals surface area contributed by atoms with Crippen molar-refractivity contribution in [2.45, 2.75) is 25.7 Å². The SMILES string of the molecule is CN(C)C(=O)CN(C)C(=O)C1(CN)CCCC1.Cl. The third-order valence-electron chi connectivity index (χ3n) is 3.62. The standard InChI is InChI=1S/C12H23N3O2.ClH/c1-14(2)10(16)8-15(3)11(17)12(9-13)6-4-5-7-12;/h4-9,13H2,1-3H3;1H. The summed E-state index contributed by atoms with van der Waals surface area (Å²) >= 11 is 0. The van der Waals surface area contributed by atoms with Crippen LogP contribution in [-0.2, 0) is 9.59 Å². The number of carbonyl (C=O) groups excluding carboxylic acids is 2. The lowest BCUT2D eigenvalue weighted by atomic mass is 9.85. The van der Waals surface area contributed by atoms with Gasteiger partial charge in [-0.3, -0.25) is 9.59 Å². The first-order valence-electron chi connectivity index (χ1n) is 6.09. The molecular weight excluding hydrogens is 254 g/mol. The number of likely N-dealkylation sites (N-methyl/N-ethyl adjacent to an activating group) is 2. The van der Waals surface area contributed by atoms with Crippen molar-refractivity contribution in [3.8, 4) is 0 Å². The molecule has 0 bridgehead atoms. The Morgan fingerprint density at radius 1 is 1.17 bits per heavy atom. The molecular formula is C12H24ClN3O2. The zero-order chi connectivity index (χ0) is 13.1. The van der Waals surface area contributed by atoms with Gasteiger partial charge in [0.25, 0.3) is 0 Å². The van der Waals surface area contributed by atoms with Crippen molar-refractivity contribution in [1.29, 1.82) is 0 Å². The number of nitrogens with two attached hydrogens (primary N) is 1. The molecule has 0 spiro atoms. The quantitative estimate of drug-likeness (QED) is 0.813. The number of hydrogen-bond acceptors (Lipinski definition) is 3. The topological polar surface area (TPSA) is 66.6 Å². The third kappa shape index (κ3) is 3.59. The number of halogens is 1. The molecule has 1 rings (SSSR count). The molecule has 106 valence electrons. The van der Waals surface area contributed by atoms with Crippen molar-refractivity contribution in [3.05, 3.63) is 0 Å². The maximum atomic E-state index is 12.3. The Hall–Kier alpha value is -0.810. The van der Waals surface area contributed by atoms with E-state index in [1.165, 1.54) is 9.80 Å². The fraction of sp³-hybridized carbons (Fsp3) is 0.833. The van der Waals surface area contributed by atoms with E-state index >= 15 is 0 Å². The van der Waals surface area contributed by atoms with Crippen LogP contribution in [0.3, 0.4) is 0 Å². The smallest absolute Gasteiger partial charge is 0.241 e. The average molecular weight is 278 g/mol. The summed E-state index contributed by atoms with van der Waals surface area (Å²) in [7, 11) is 5.06. The molecule has 1 saturated carbocycles. The first-order valence-corrected chi connectivity index (χ1v) is 6.09. The summed E-state index contributed by atoms with van der Waals surface area (Å²) in [4.78, 5) is 26.9. The second kappa shape index (κ2) is 6.95. The predicted molar refractivity (Wildman–Crippen MR) is 73.5 cm³/mol. The van der Waals surface area contributed by atoms with Gasteiger partial charge < -0.3 is 15.5 Å². The highest BCUT2D eigenvalue weighted by atomic mass is 35.5. The first kappa shape index (κ1) is 17.2. The van der Waals surface area contributed by atoms with Gasteiger partial charge in [0.05, 0.1) is 12.0 Å². The van der Waals surface area contributed by atoms with Gasteiger partial charge in [0.1, 0.15) is 0 Å². The fourth-order valence-corrected chi connectivity index (χ4v) is 2.38. The Balaban J connectivity index is 0.00000289. The number of amides is 2. The number of carbonyl (C=O) groups is 2. The summed E-state index contributed by atoms with van der Waals surface area (Å²) in [6, 6.07) is 0. The Kier molecular flexibility index (Phi) is 6.63. The molecule has 0 atom stereocenters. The summed E-state index contributed by atoms with van der Waals surface area (Å²) in [5, 5.41) is 0. The summed E-state index contributed by atoms with van der Waals surface area (Å²) in [5.74, 6) is -0.0429. The lowest BCUT2D eigenvalue weighted by Gasteiger charge is -2.31. The van der Waals surface area contributed by atoms with E-state index in [0.717, 1.165) is 25.7 Å². The summed E-state index contributed by atoms with van der Waals surface area (Å²) in [6.07, 6.45) is 3.81. The fourth-order valence-electron chi connectivity index (χ4n) is 2.38. The maximum Gasteiger partial charge on any atom is 0.241 e. The van der Waals surface area contributed by atoms with Gasteiger partial charge in [-0.15, -0.1) is 12.4 Å². The highest BCUT2D eigenvalue weighted by Crippen LogP contribution is 2.38. The van der Waals surface area contributed by atoms with Crippen LogP contribution >= 0.6 is 12.4 Å². The second-order valence-corrected chi connectivity index (χ2v) is 5.14. The van der Waals surface area contributed by atoms with Crippen LogP contribution < -0.4 is 5.73 Å². The average Bonchev–Trinajstić information content (AvgIpc) is 2.77. The number of nitrogens with zero attached hydrogens (tertiary/aromatic N) is 2. The number of hydrogen-bond donors (Lipinski definition) is 1. The van der Waals surface area contributed by atoms with Gasteiger partial charge in [0.15, 0.2) is 0 Å². The first-order chi connectivity index (χ1) is 7.93. The largest absolute Gasteiger partial charge is 0.347 e. The van der Waals surface area contributed by atoms with Crippen LogP contribution in [-0.4, -0.2) is 55.8 Å². The lowest BCUT2D eigenvalue weighted by Crippen LogP contribution is -2.48. The van der Waals surface area contributed by atoms with E-state index < -0.39 is 5.41 Å². The third-order valence-corrected chi connectivity index (χ3v) is 3.62. The van der Waals surface area contributed by atoms with Gasteiger partial charge in [-0.05, 0) is 12.8 Å². The van der Waals surface area contributed by atoms with Crippen molar-refractivity contribution in [1.82, 2.24) is 9.80 Å². The van der Waals surface area contributed by atoms with E-state index in [4.69, 9.17) is 5.73 Å². The molecule has 0 aromatic rings. The van der Waals surface area contributed by atoms with E-state index in [1.54, 1.807) is 21.1 Å². The van der Waals surface area contributed by atoms with E-state index in [-0.39, 0.29) is 30.8 Å². The molecule has 0 saturated heterocycles. The summed E-state index contributed by atoms with van der Waals surface area (Å²) in [6.45, 7) is 0.514. The van der Waals surface area contributed by atoms with Crippen molar-refractivity contribution in [2.24, 2.45) is 11.1 Å². The summed E-state index contributed by atoms with van der Waals surface area (Å²) in [5.41, 5.74) is 5.34. The van der Waals surface area contributed by atoms with Crippen LogP contribution in [0.1, 0.15) is 25.7 Å².